The van der Waals surface area contributed by atoms with Crippen LogP contribution in [0.25, 0.3) is 11.1 Å². The van der Waals surface area contributed by atoms with Crippen molar-refractivity contribution < 1.29 is 37.9 Å². The topological polar surface area (TPSA) is 142 Å². The van der Waals surface area contributed by atoms with Gasteiger partial charge in [0.2, 0.25) is 28.0 Å². The SMILES string of the molecule is CNC(=O)C(CSC(=O)C(CSC(=O)c1cc(-c2ccc(F)cc2F)ccc1O)NC(C)=O)NC(C)=O. The van der Waals surface area contributed by atoms with E-state index in [-0.39, 0.29) is 33.9 Å². The molecule has 2 unspecified atom stereocenters. The maximum absolute atomic E-state index is 14.2. The number of carbonyl (C=O) groups excluding carboxylic acids is 5. The van der Waals surface area contributed by atoms with E-state index in [0.717, 1.165) is 6.07 Å². The number of nitrogens with one attached hydrogen (secondary N) is 3. The average molecular weight is 554 g/mol. The number of thioether (sulfide) groups is 2. The molecular weight excluding hydrogens is 528 g/mol. The van der Waals surface area contributed by atoms with Gasteiger partial charge < -0.3 is 21.1 Å². The van der Waals surface area contributed by atoms with Gasteiger partial charge in [-0.05, 0) is 29.8 Å². The average Bonchev–Trinajstić information content (AvgIpc) is 2.83. The van der Waals surface area contributed by atoms with Gasteiger partial charge in [-0.25, -0.2) is 8.78 Å². The summed E-state index contributed by atoms with van der Waals surface area (Å²) >= 11 is 1.34. The minimum absolute atomic E-state index is 0.0213. The minimum atomic E-state index is -1.13. The number of halogens is 2. The van der Waals surface area contributed by atoms with E-state index in [9.17, 15) is 37.9 Å². The fraction of sp³-hybridized carbons (Fsp3) is 0.292. The Balaban J connectivity index is 2.14. The van der Waals surface area contributed by atoms with Crippen molar-refractivity contribution in [1.29, 1.82) is 0 Å². The van der Waals surface area contributed by atoms with Crippen LogP contribution in [-0.2, 0) is 19.2 Å². The van der Waals surface area contributed by atoms with E-state index in [0.29, 0.717) is 29.6 Å². The van der Waals surface area contributed by atoms with Gasteiger partial charge >= 0.3 is 0 Å². The largest absolute Gasteiger partial charge is 0.507 e. The summed E-state index contributed by atoms with van der Waals surface area (Å²) in [7, 11) is 1.38. The number of phenols is 1. The first kappa shape index (κ1) is 29.8. The molecule has 0 aromatic heterocycles. The molecule has 0 spiro atoms. The summed E-state index contributed by atoms with van der Waals surface area (Å²) < 4.78 is 27.4. The fourth-order valence-corrected chi connectivity index (χ4v) is 5.00. The normalized spacial score (nSPS) is 12.2. The number of hydrogen-bond donors (Lipinski definition) is 4. The highest BCUT2D eigenvalue weighted by Crippen LogP contribution is 2.31. The highest BCUT2D eigenvalue weighted by atomic mass is 32.2. The molecule has 0 heterocycles. The zero-order valence-corrected chi connectivity index (χ0v) is 21.7. The van der Waals surface area contributed by atoms with Crippen LogP contribution in [0.15, 0.2) is 36.4 Å². The molecule has 4 N–H and O–H groups in total. The lowest BCUT2D eigenvalue weighted by Crippen LogP contribution is -2.47. The number of carbonyl (C=O) groups is 5. The van der Waals surface area contributed by atoms with Gasteiger partial charge in [0.1, 0.15) is 29.5 Å². The quantitative estimate of drug-likeness (QED) is 0.351. The first-order chi connectivity index (χ1) is 17.4. The van der Waals surface area contributed by atoms with E-state index in [4.69, 9.17) is 0 Å². The summed E-state index contributed by atoms with van der Waals surface area (Å²) in [5.41, 5.74) is 0.0775. The van der Waals surface area contributed by atoms with E-state index in [2.05, 4.69) is 16.0 Å². The molecule has 13 heteroatoms. The third-order valence-electron chi connectivity index (χ3n) is 4.83. The standard InChI is InChI=1S/C24H25F2N3O6S2/c1-12(30)28-19(22(33)27-3)10-37-24(35)20(29-13(2)31)11-36-23(34)17-8-14(4-7-21(17)32)16-6-5-15(25)9-18(16)26/h4-9,19-20,32H,10-11H2,1-3H3,(H,27,33)(H,28,30)(H,29,31). The smallest absolute Gasteiger partial charge is 0.243 e. The summed E-state index contributed by atoms with van der Waals surface area (Å²) in [5.74, 6) is -3.83. The zero-order chi connectivity index (χ0) is 27.7. The Morgan fingerprint density at radius 3 is 2.11 bits per heavy atom. The van der Waals surface area contributed by atoms with Crippen LogP contribution >= 0.6 is 23.5 Å². The molecule has 0 saturated heterocycles. The predicted molar refractivity (Wildman–Crippen MR) is 137 cm³/mol. The van der Waals surface area contributed by atoms with Crippen LogP contribution in [0, 0.1) is 11.6 Å². The molecule has 0 aliphatic carbocycles. The molecular formula is C24H25F2N3O6S2. The Morgan fingerprint density at radius 1 is 0.892 bits per heavy atom. The molecule has 0 radical (unpaired) electrons. The van der Waals surface area contributed by atoms with Crippen molar-refractivity contribution in [2.24, 2.45) is 0 Å². The monoisotopic (exact) mass is 553 g/mol. The molecule has 2 rings (SSSR count). The molecule has 0 bridgehead atoms. The number of likely N-dealkylation sites (N-methyl/N-ethyl adjacent to an activating group) is 1. The third-order valence-corrected chi connectivity index (χ3v) is 6.89. The van der Waals surface area contributed by atoms with Crippen molar-refractivity contribution >= 4 is 51.5 Å². The zero-order valence-electron chi connectivity index (χ0n) is 20.1. The lowest BCUT2D eigenvalue weighted by atomic mass is 10.0. The summed E-state index contributed by atoms with van der Waals surface area (Å²) in [6.07, 6.45) is 0. The van der Waals surface area contributed by atoms with Crippen molar-refractivity contribution in [2.75, 3.05) is 18.6 Å². The van der Waals surface area contributed by atoms with Crippen LogP contribution in [0.5, 0.6) is 5.75 Å². The molecule has 2 aromatic carbocycles. The van der Waals surface area contributed by atoms with Crippen molar-refractivity contribution in [1.82, 2.24) is 16.0 Å². The summed E-state index contributed by atoms with van der Waals surface area (Å²) in [6.45, 7) is 2.41. The van der Waals surface area contributed by atoms with Crippen molar-refractivity contribution in [3.8, 4) is 16.9 Å². The molecule has 198 valence electrons. The van der Waals surface area contributed by atoms with Crippen LogP contribution in [0.2, 0.25) is 0 Å². The van der Waals surface area contributed by atoms with E-state index in [1.54, 1.807) is 0 Å². The maximum atomic E-state index is 14.2. The minimum Gasteiger partial charge on any atom is -0.507 e. The van der Waals surface area contributed by atoms with Gasteiger partial charge in [-0.15, -0.1) is 0 Å². The second kappa shape index (κ2) is 13.7. The second-order valence-electron chi connectivity index (χ2n) is 7.71. The van der Waals surface area contributed by atoms with Gasteiger partial charge in [0.05, 0.1) is 5.56 Å². The lowest BCUT2D eigenvalue weighted by Gasteiger charge is -2.19. The van der Waals surface area contributed by atoms with E-state index >= 15 is 0 Å². The molecule has 3 amide bonds. The number of phenolic OH excluding ortho intramolecular Hbond substituents is 1. The van der Waals surface area contributed by atoms with Crippen LogP contribution in [0.3, 0.4) is 0 Å². The highest BCUT2D eigenvalue weighted by Gasteiger charge is 2.26. The van der Waals surface area contributed by atoms with Crippen LogP contribution in [-0.4, -0.2) is 63.7 Å². The van der Waals surface area contributed by atoms with Gasteiger partial charge in [-0.1, -0.05) is 29.6 Å². The summed E-state index contributed by atoms with van der Waals surface area (Å²) in [4.78, 5) is 60.5. The predicted octanol–water partition coefficient (Wildman–Crippen LogP) is 2.23. The summed E-state index contributed by atoms with van der Waals surface area (Å²) in [6, 6.07) is 4.64. The summed E-state index contributed by atoms with van der Waals surface area (Å²) in [5, 5.41) is 16.2. The van der Waals surface area contributed by atoms with E-state index < -0.39 is 51.7 Å². The first-order valence-corrected chi connectivity index (χ1v) is 12.8. The number of benzene rings is 2. The van der Waals surface area contributed by atoms with Gasteiger partial charge in [-0.3, -0.25) is 24.0 Å². The Hall–Kier alpha value is -3.45. The molecule has 2 aromatic rings. The molecule has 0 fully saturated rings. The number of hydrogen-bond acceptors (Lipinski definition) is 8. The van der Waals surface area contributed by atoms with Gasteiger partial charge in [0, 0.05) is 44.0 Å². The molecule has 0 aliphatic rings. The Kier molecular flexibility index (Phi) is 11.1. The Labute approximate surface area is 220 Å². The third kappa shape index (κ3) is 8.86. The highest BCUT2D eigenvalue weighted by molar-refractivity contribution is 8.15. The molecule has 2 atom stereocenters. The number of amides is 3. The maximum Gasteiger partial charge on any atom is 0.243 e. The van der Waals surface area contributed by atoms with E-state index in [1.807, 2.05) is 0 Å². The van der Waals surface area contributed by atoms with Crippen LogP contribution < -0.4 is 16.0 Å². The Morgan fingerprint density at radius 2 is 1.51 bits per heavy atom. The fourth-order valence-electron chi connectivity index (χ4n) is 3.11. The van der Waals surface area contributed by atoms with Gasteiger partial charge in [0.25, 0.3) is 0 Å². The molecule has 0 saturated carbocycles. The van der Waals surface area contributed by atoms with Crippen molar-refractivity contribution in [2.45, 2.75) is 25.9 Å². The first-order valence-electron chi connectivity index (χ1n) is 10.8. The van der Waals surface area contributed by atoms with Gasteiger partial charge in [-0.2, -0.15) is 0 Å². The van der Waals surface area contributed by atoms with Gasteiger partial charge in [0.15, 0.2) is 0 Å². The Bertz CT molecular complexity index is 1210. The molecule has 9 nitrogen and oxygen atoms in total. The number of aromatic hydroxyl groups is 1. The lowest BCUT2D eigenvalue weighted by molar-refractivity contribution is -0.127. The van der Waals surface area contributed by atoms with Crippen molar-refractivity contribution in [3.05, 3.63) is 53.6 Å². The van der Waals surface area contributed by atoms with Crippen LogP contribution in [0.4, 0.5) is 8.78 Å². The number of rotatable bonds is 10. The van der Waals surface area contributed by atoms with Crippen LogP contribution in [0.1, 0.15) is 24.2 Å². The molecule has 37 heavy (non-hydrogen) atoms. The van der Waals surface area contributed by atoms with E-state index in [1.165, 1.54) is 45.2 Å². The molecule has 0 aliphatic heterocycles. The second-order valence-corrected chi connectivity index (χ2v) is 9.72. The van der Waals surface area contributed by atoms with Crippen molar-refractivity contribution in [3.63, 3.8) is 0 Å².